The molecular weight excluding hydrogens is 336 g/mol. The van der Waals surface area contributed by atoms with Crippen molar-refractivity contribution in [3.05, 3.63) is 0 Å². The molecule has 0 amide bonds. The van der Waals surface area contributed by atoms with Gasteiger partial charge in [-0.3, -0.25) is 0 Å². The van der Waals surface area contributed by atoms with Crippen molar-refractivity contribution in [1.82, 2.24) is 0 Å². The zero-order valence-electron chi connectivity index (χ0n) is 16.5. The summed E-state index contributed by atoms with van der Waals surface area (Å²) in [4.78, 5) is 18.2. The first-order valence-electron chi connectivity index (χ1n) is 9.36. The second-order valence-corrected chi connectivity index (χ2v) is 19.8. The second-order valence-electron chi connectivity index (χ2n) is 8.88. The molecule has 0 radical (unpaired) electrons. The summed E-state index contributed by atoms with van der Waals surface area (Å²) in [5, 5.41) is 14.8. The average molecular weight is 375 g/mol. The van der Waals surface area contributed by atoms with Gasteiger partial charge in [0.25, 0.3) is 0 Å². The molecule has 2 aliphatic rings. The van der Waals surface area contributed by atoms with Crippen LogP contribution in [0.25, 0.3) is 0 Å². The van der Waals surface area contributed by atoms with E-state index in [2.05, 4.69) is 40.0 Å². The second kappa shape index (κ2) is 10.4. The van der Waals surface area contributed by atoms with Gasteiger partial charge in [-0.2, -0.15) is 0 Å². The number of hydrogen-bond acceptors (Lipinski definition) is 2. The molecule has 2 unspecified atom stereocenters. The highest BCUT2D eigenvalue weighted by Crippen LogP contribution is 2.37. The van der Waals surface area contributed by atoms with Crippen molar-refractivity contribution in [2.24, 2.45) is 0 Å². The number of carboxylic acid groups (broad SMARTS) is 2. The van der Waals surface area contributed by atoms with E-state index >= 15 is 0 Å². The Morgan fingerprint density at radius 1 is 0.708 bits per heavy atom. The van der Waals surface area contributed by atoms with E-state index < -0.39 is 28.1 Å². The van der Waals surface area contributed by atoms with Gasteiger partial charge in [0.1, 0.15) is 0 Å². The first kappa shape index (κ1) is 23.4. The predicted molar refractivity (Wildman–Crippen MR) is 106 cm³/mol. The Labute approximate surface area is 150 Å². The number of hydrogen-bond donors (Lipinski definition) is 2. The molecule has 2 fully saturated rings. The first-order chi connectivity index (χ1) is 10.9. The van der Waals surface area contributed by atoms with E-state index in [4.69, 9.17) is 19.8 Å². The zero-order chi connectivity index (χ0) is 19.0. The van der Waals surface area contributed by atoms with E-state index in [1.54, 1.807) is 12.1 Å². The van der Waals surface area contributed by atoms with Crippen molar-refractivity contribution in [3.63, 3.8) is 0 Å². The van der Waals surface area contributed by atoms with Gasteiger partial charge in [-0.05, 0) is 11.1 Å². The van der Waals surface area contributed by atoms with Gasteiger partial charge in [0.15, 0.2) is 0 Å². The van der Waals surface area contributed by atoms with Crippen molar-refractivity contribution in [3.8, 4) is 0 Å². The number of aliphatic carboxylic acids is 2. The fourth-order valence-corrected chi connectivity index (χ4v) is 8.62. The number of carboxylic acids is 2. The molecule has 2 N–H and O–H groups in total. The van der Waals surface area contributed by atoms with Crippen molar-refractivity contribution in [2.75, 3.05) is 0 Å². The lowest BCUT2D eigenvalue weighted by atomic mass is 10.2. The summed E-state index contributed by atoms with van der Waals surface area (Å²) in [6.07, 6.45) is 9.06. The predicted octanol–water partition coefficient (Wildman–Crippen LogP) is 5.69. The molecule has 6 heteroatoms. The molecule has 0 spiro atoms. The van der Waals surface area contributed by atoms with Crippen molar-refractivity contribution >= 4 is 28.1 Å². The average Bonchev–Trinajstić information content (AvgIpc) is 2.46. The zero-order valence-corrected chi connectivity index (χ0v) is 18.5. The van der Waals surface area contributed by atoms with Gasteiger partial charge >= 0.3 is 11.9 Å². The Hall–Kier alpha value is -0.626. The van der Waals surface area contributed by atoms with Crippen LogP contribution in [0.4, 0.5) is 0 Å². The van der Waals surface area contributed by atoms with E-state index in [0.29, 0.717) is 0 Å². The molecule has 0 aromatic rings. The summed E-state index contributed by atoms with van der Waals surface area (Å²) in [5.41, 5.74) is 2.18. The fourth-order valence-electron chi connectivity index (χ4n) is 3.34. The van der Waals surface area contributed by atoms with Gasteiger partial charge in [-0.1, -0.05) is 90.6 Å². The Balaban J connectivity index is 0.000000340. The van der Waals surface area contributed by atoms with Crippen LogP contribution in [-0.2, 0) is 9.59 Å². The van der Waals surface area contributed by atoms with E-state index in [0.717, 1.165) is 11.1 Å². The molecule has 4 nitrogen and oxygen atoms in total. The molecule has 2 rings (SSSR count). The van der Waals surface area contributed by atoms with Gasteiger partial charge in [-0.15, -0.1) is 0 Å². The quantitative estimate of drug-likeness (QED) is 0.421. The number of carbonyl (C=O) groups is 2. The van der Waals surface area contributed by atoms with Crippen LogP contribution in [0.5, 0.6) is 0 Å². The molecule has 2 heterocycles. The summed E-state index contributed by atoms with van der Waals surface area (Å²) < 4.78 is 0. The van der Waals surface area contributed by atoms with Gasteiger partial charge in [0, 0.05) is 0 Å². The van der Waals surface area contributed by atoms with Crippen molar-refractivity contribution in [1.29, 1.82) is 0 Å². The minimum atomic E-state index is -1.82. The Bertz CT molecular complexity index is 370. The lowest BCUT2D eigenvalue weighted by molar-refractivity contribution is -0.159. The van der Waals surface area contributed by atoms with E-state index in [9.17, 15) is 0 Å². The standard InChI is InChI=1S/2C8H18Si.C2H2O4/c2*1-8-6-4-5-7-9(8,2)3;3-1(4)2(5)6/h2*8H,4-7H2,1-3H3;(H,3,4)(H,5,6). The Morgan fingerprint density at radius 3 is 1.12 bits per heavy atom. The molecule has 0 aliphatic carbocycles. The lowest BCUT2D eigenvalue weighted by Crippen LogP contribution is -2.33. The minimum absolute atomic E-state index is 0.694. The summed E-state index contributed by atoms with van der Waals surface area (Å²) in [6.45, 7) is 15.1. The van der Waals surface area contributed by atoms with Crippen LogP contribution in [0.3, 0.4) is 0 Å². The topological polar surface area (TPSA) is 74.6 Å². The highest BCUT2D eigenvalue weighted by molar-refractivity contribution is 6.79. The van der Waals surface area contributed by atoms with E-state index in [1.807, 2.05) is 0 Å². The van der Waals surface area contributed by atoms with Crippen LogP contribution in [0, 0.1) is 0 Å². The SMILES string of the molecule is CC1CCCC[Si]1(C)C.CC1CCCC[Si]1(C)C.O=C(O)C(=O)O. The first-order valence-corrected chi connectivity index (χ1v) is 15.9. The van der Waals surface area contributed by atoms with Crippen LogP contribution in [0.1, 0.15) is 52.4 Å². The molecular formula is C18H38O4Si2. The lowest BCUT2D eigenvalue weighted by Gasteiger charge is -2.34. The molecule has 2 saturated heterocycles. The van der Waals surface area contributed by atoms with Gasteiger partial charge in [-0.25, -0.2) is 9.59 Å². The van der Waals surface area contributed by atoms with E-state index in [1.165, 1.54) is 38.5 Å². The third kappa shape index (κ3) is 9.01. The van der Waals surface area contributed by atoms with E-state index in [-0.39, 0.29) is 0 Å². The van der Waals surface area contributed by atoms with Crippen LogP contribution in [0.15, 0.2) is 0 Å². The number of rotatable bonds is 0. The minimum Gasteiger partial charge on any atom is -0.473 e. The van der Waals surface area contributed by atoms with Crippen molar-refractivity contribution < 1.29 is 19.8 Å². The molecule has 2 aliphatic heterocycles. The van der Waals surface area contributed by atoms with Crippen LogP contribution < -0.4 is 0 Å². The molecule has 0 aromatic carbocycles. The molecule has 142 valence electrons. The normalized spacial score (nSPS) is 27.6. The highest BCUT2D eigenvalue weighted by Gasteiger charge is 2.30. The molecule has 0 bridgehead atoms. The van der Waals surface area contributed by atoms with Crippen LogP contribution in [-0.4, -0.2) is 38.3 Å². The largest absolute Gasteiger partial charge is 0.473 e. The van der Waals surface area contributed by atoms with Gasteiger partial charge < -0.3 is 10.2 Å². The van der Waals surface area contributed by atoms with Crippen LogP contribution >= 0.6 is 0 Å². The van der Waals surface area contributed by atoms with Gasteiger partial charge in [0.05, 0.1) is 16.1 Å². The summed E-state index contributed by atoms with van der Waals surface area (Å²) in [5.74, 6) is -3.65. The summed E-state index contributed by atoms with van der Waals surface area (Å²) in [7, 11) is -1.39. The Morgan fingerprint density at radius 2 is 1.00 bits per heavy atom. The highest BCUT2D eigenvalue weighted by atomic mass is 28.3. The third-order valence-corrected chi connectivity index (χ3v) is 15.5. The smallest absolute Gasteiger partial charge is 0.414 e. The van der Waals surface area contributed by atoms with Gasteiger partial charge in [0.2, 0.25) is 0 Å². The summed E-state index contributed by atoms with van der Waals surface area (Å²) in [6, 6.07) is 3.16. The summed E-state index contributed by atoms with van der Waals surface area (Å²) >= 11 is 0. The Kier molecular flexibility index (Phi) is 10.1. The molecule has 0 saturated carbocycles. The monoisotopic (exact) mass is 374 g/mol. The van der Waals surface area contributed by atoms with Crippen LogP contribution in [0.2, 0.25) is 49.4 Å². The third-order valence-electron chi connectivity index (χ3n) is 6.27. The molecule has 2 atom stereocenters. The molecule has 0 aromatic heterocycles. The maximum Gasteiger partial charge on any atom is 0.414 e. The maximum atomic E-state index is 9.10. The fraction of sp³-hybridized carbons (Fsp3) is 0.889. The van der Waals surface area contributed by atoms with Crippen molar-refractivity contribution in [2.45, 2.75) is 102 Å². The molecule has 24 heavy (non-hydrogen) atoms. The maximum absolute atomic E-state index is 9.10.